The summed E-state index contributed by atoms with van der Waals surface area (Å²) in [5.41, 5.74) is -1.52. The fraction of sp³-hybridized carbons (Fsp3) is 0.471. The number of Topliss-reactive ketones (excluding diaryl/α,β-unsaturated/α-hetero) is 1. The van der Waals surface area contributed by atoms with Crippen molar-refractivity contribution in [1.29, 1.82) is 0 Å². The molecule has 2 unspecified atom stereocenters. The first-order chi connectivity index (χ1) is 9.57. The van der Waals surface area contributed by atoms with Gasteiger partial charge in [0, 0.05) is 12.0 Å². The van der Waals surface area contributed by atoms with E-state index in [1.54, 1.807) is 30.3 Å². The van der Waals surface area contributed by atoms with Gasteiger partial charge < -0.3 is 15.3 Å². The Kier molecular flexibility index (Phi) is 3.82. The summed E-state index contributed by atoms with van der Waals surface area (Å²) in [4.78, 5) is 12.4. The molecule has 0 saturated carbocycles. The minimum atomic E-state index is -2.27. The van der Waals surface area contributed by atoms with Crippen molar-refractivity contribution < 1.29 is 20.1 Å². The Balaban J connectivity index is 2.35. The van der Waals surface area contributed by atoms with E-state index in [4.69, 9.17) is 0 Å². The Morgan fingerprint density at radius 1 is 1.14 bits per heavy atom. The van der Waals surface area contributed by atoms with Crippen LogP contribution < -0.4 is 0 Å². The molecule has 1 aliphatic carbocycles. The topological polar surface area (TPSA) is 77.8 Å². The molecule has 0 aromatic heterocycles. The monoisotopic (exact) mass is 290 g/mol. The summed E-state index contributed by atoms with van der Waals surface area (Å²) in [6.07, 6.45) is 2.62. The molecule has 0 bridgehead atoms. The van der Waals surface area contributed by atoms with Crippen molar-refractivity contribution in [3.8, 4) is 0 Å². The third-order valence-corrected chi connectivity index (χ3v) is 4.23. The van der Waals surface area contributed by atoms with Crippen LogP contribution in [0.4, 0.5) is 0 Å². The van der Waals surface area contributed by atoms with Gasteiger partial charge in [-0.3, -0.25) is 4.79 Å². The van der Waals surface area contributed by atoms with Crippen LogP contribution in [0.25, 0.3) is 0 Å². The lowest BCUT2D eigenvalue weighted by Gasteiger charge is -2.46. The molecule has 1 aromatic carbocycles. The zero-order valence-electron chi connectivity index (χ0n) is 12.6. The summed E-state index contributed by atoms with van der Waals surface area (Å²) in [6.45, 7) is 5.44. The number of carbonyl (C=O) groups is 1. The van der Waals surface area contributed by atoms with Gasteiger partial charge in [-0.15, -0.1) is 0 Å². The molecule has 2 atom stereocenters. The molecule has 1 aliphatic rings. The van der Waals surface area contributed by atoms with Gasteiger partial charge in [0.15, 0.2) is 11.6 Å². The van der Waals surface area contributed by atoms with Gasteiger partial charge in [-0.2, -0.15) is 0 Å². The van der Waals surface area contributed by atoms with Gasteiger partial charge in [-0.05, 0) is 5.41 Å². The lowest BCUT2D eigenvalue weighted by molar-refractivity contribution is -0.224. The van der Waals surface area contributed by atoms with Gasteiger partial charge in [-0.25, -0.2) is 0 Å². The molecule has 0 fully saturated rings. The van der Waals surface area contributed by atoms with Crippen molar-refractivity contribution in [2.75, 3.05) is 0 Å². The normalized spacial score (nSPS) is 28.4. The SMILES string of the molecule is CC(C)(C)C1(O)C=CC(C(=O)c2ccccc2)C(O)(O)C1. The van der Waals surface area contributed by atoms with Crippen molar-refractivity contribution in [1.82, 2.24) is 0 Å². The Labute approximate surface area is 124 Å². The third kappa shape index (κ3) is 2.93. The van der Waals surface area contributed by atoms with Gasteiger partial charge in [0.25, 0.3) is 0 Å². The molecule has 0 amide bonds. The molecule has 0 spiro atoms. The van der Waals surface area contributed by atoms with Crippen LogP contribution in [-0.4, -0.2) is 32.5 Å². The number of ketones is 1. The second-order valence-corrected chi connectivity index (χ2v) is 6.80. The second kappa shape index (κ2) is 5.05. The Morgan fingerprint density at radius 3 is 2.19 bits per heavy atom. The summed E-state index contributed by atoms with van der Waals surface area (Å²) >= 11 is 0. The highest BCUT2D eigenvalue weighted by Crippen LogP contribution is 2.43. The molecule has 0 radical (unpaired) electrons. The zero-order valence-corrected chi connectivity index (χ0v) is 12.6. The van der Waals surface area contributed by atoms with Crippen LogP contribution in [0.2, 0.25) is 0 Å². The van der Waals surface area contributed by atoms with Crippen LogP contribution in [0.5, 0.6) is 0 Å². The van der Waals surface area contributed by atoms with E-state index >= 15 is 0 Å². The van der Waals surface area contributed by atoms with Crippen LogP contribution in [0, 0.1) is 11.3 Å². The van der Waals surface area contributed by atoms with E-state index < -0.39 is 22.7 Å². The Morgan fingerprint density at radius 2 is 1.71 bits per heavy atom. The number of hydrogen-bond acceptors (Lipinski definition) is 4. The average molecular weight is 290 g/mol. The predicted molar refractivity (Wildman–Crippen MR) is 79.6 cm³/mol. The van der Waals surface area contributed by atoms with Crippen LogP contribution in [0.1, 0.15) is 37.6 Å². The molecule has 0 heterocycles. The molecule has 21 heavy (non-hydrogen) atoms. The maximum Gasteiger partial charge on any atom is 0.179 e. The molecular weight excluding hydrogens is 268 g/mol. The molecule has 1 aromatic rings. The minimum Gasteiger partial charge on any atom is -0.385 e. The fourth-order valence-corrected chi connectivity index (χ4v) is 2.57. The molecule has 2 rings (SSSR count). The largest absolute Gasteiger partial charge is 0.385 e. The molecule has 0 saturated heterocycles. The van der Waals surface area contributed by atoms with E-state index in [2.05, 4.69) is 0 Å². The van der Waals surface area contributed by atoms with E-state index in [0.29, 0.717) is 5.56 Å². The van der Waals surface area contributed by atoms with E-state index in [0.717, 1.165) is 0 Å². The summed E-state index contributed by atoms with van der Waals surface area (Å²) in [5.74, 6) is -3.72. The molecule has 114 valence electrons. The molecule has 4 heteroatoms. The highest BCUT2D eigenvalue weighted by Gasteiger charge is 2.51. The maximum absolute atomic E-state index is 12.4. The predicted octanol–water partition coefficient (Wildman–Crippen LogP) is 1.90. The van der Waals surface area contributed by atoms with Gasteiger partial charge in [0.2, 0.25) is 0 Å². The van der Waals surface area contributed by atoms with Crippen molar-refractivity contribution >= 4 is 5.78 Å². The van der Waals surface area contributed by atoms with Gasteiger partial charge in [0.05, 0.1) is 11.5 Å². The molecule has 0 aliphatic heterocycles. The number of rotatable bonds is 2. The maximum atomic E-state index is 12.4. The van der Waals surface area contributed by atoms with Gasteiger partial charge >= 0.3 is 0 Å². The van der Waals surface area contributed by atoms with Crippen LogP contribution in [0.3, 0.4) is 0 Å². The van der Waals surface area contributed by atoms with Gasteiger partial charge in [0.1, 0.15) is 0 Å². The minimum absolute atomic E-state index is 0.302. The van der Waals surface area contributed by atoms with Crippen molar-refractivity contribution in [2.45, 2.75) is 38.6 Å². The van der Waals surface area contributed by atoms with Crippen molar-refractivity contribution in [3.05, 3.63) is 48.0 Å². The van der Waals surface area contributed by atoms with Crippen molar-refractivity contribution in [2.24, 2.45) is 11.3 Å². The van der Waals surface area contributed by atoms with Crippen LogP contribution >= 0.6 is 0 Å². The quantitative estimate of drug-likeness (QED) is 0.442. The van der Waals surface area contributed by atoms with Crippen LogP contribution in [-0.2, 0) is 0 Å². The Hall–Kier alpha value is -1.49. The lowest BCUT2D eigenvalue weighted by Crippen LogP contribution is -2.55. The number of aliphatic hydroxyl groups is 3. The third-order valence-electron chi connectivity index (χ3n) is 4.23. The summed E-state index contributed by atoms with van der Waals surface area (Å²) in [5, 5.41) is 31.2. The lowest BCUT2D eigenvalue weighted by atomic mass is 9.66. The zero-order chi connectivity index (χ0) is 15.9. The summed E-state index contributed by atoms with van der Waals surface area (Å²) < 4.78 is 0. The number of hydrogen-bond donors (Lipinski definition) is 3. The molecular formula is C17H22O4. The summed E-state index contributed by atoms with van der Waals surface area (Å²) in [6, 6.07) is 8.51. The molecule has 4 nitrogen and oxygen atoms in total. The van der Waals surface area contributed by atoms with E-state index in [1.165, 1.54) is 12.2 Å². The smallest absolute Gasteiger partial charge is 0.179 e. The highest BCUT2D eigenvalue weighted by molar-refractivity contribution is 5.99. The fourth-order valence-electron chi connectivity index (χ4n) is 2.57. The van der Waals surface area contributed by atoms with E-state index in [9.17, 15) is 20.1 Å². The number of carbonyl (C=O) groups excluding carboxylic acids is 1. The highest BCUT2D eigenvalue weighted by atomic mass is 16.5. The number of benzene rings is 1. The average Bonchev–Trinajstić information content (AvgIpc) is 2.36. The van der Waals surface area contributed by atoms with E-state index in [1.807, 2.05) is 20.8 Å². The van der Waals surface area contributed by atoms with Crippen molar-refractivity contribution in [3.63, 3.8) is 0 Å². The second-order valence-electron chi connectivity index (χ2n) is 6.80. The van der Waals surface area contributed by atoms with Gasteiger partial charge in [-0.1, -0.05) is 63.3 Å². The van der Waals surface area contributed by atoms with E-state index in [-0.39, 0.29) is 12.2 Å². The molecule has 3 N–H and O–H groups in total. The Bertz CT molecular complexity index is 554. The first kappa shape index (κ1) is 15.9. The first-order valence-electron chi connectivity index (χ1n) is 7.03. The standard InChI is InChI=1S/C17H22O4/c1-15(2,3)16(19)10-9-13(17(20,21)11-16)14(18)12-7-5-4-6-8-12/h4-10,13,19-21H,11H2,1-3H3. The summed E-state index contributed by atoms with van der Waals surface area (Å²) in [7, 11) is 0. The first-order valence-corrected chi connectivity index (χ1v) is 7.03. The van der Waals surface area contributed by atoms with Crippen LogP contribution in [0.15, 0.2) is 42.5 Å².